The Balaban J connectivity index is 2.33. The van der Waals surface area contributed by atoms with E-state index in [0.29, 0.717) is 24.2 Å². The lowest BCUT2D eigenvalue weighted by Gasteiger charge is -2.14. The van der Waals surface area contributed by atoms with Gasteiger partial charge >= 0.3 is 11.6 Å². The summed E-state index contributed by atoms with van der Waals surface area (Å²) in [6, 6.07) is 5.10. The van der Waals surface area contributed by atoms with E-state index in [0.717, 1.165) is 19.3 Å². The summed E-state index contributed by atoms with van der Waals surface area (Å²) in [4.78, 5) is 24.4. The summed E-state index contributed by atoms with van der Waals surface area (Å²) in [6.45, 7) is 10.1. The molecule has 0 N–H and O–H groups in total. The lowest BCUT2D eigenvalue weighted by atomic mass is 10.1. The van der Waals surface area contributed by atoms with E-state index >= 15 is 0 Å². The summed E-state index contributed by atoms with van der Waals surface area (Å²) >= 11 is 0. The first kappa shape index (κ1) is 26.0. The molecule has 0 bridgehead atoms. The number of hydrogen-bond acceptors (Lipinski definition) is 6. The zero-order valence-electron chi connectivity index (χ0n) is 20.2. The Labute approximate surface area is 195 Å². The minimum atomic E-state index is -0.703. The Morgan fingerprint density at radius 1 is 1.00 bits per heavy atom. The van der Waals surface area contributed by atoms with E-state index in [1.54, 1.807) is 18.2 Å². The molecule has 0 aliphatic carbocycles. The highest BCUT2D eigenvalue weighted by Gasteiger charge is 2.22. The van der Waals surface area contributed by atoms with Gasteiger partial charge in [0.2, 0.25) is 5.75 Å². The van der Waals surface area contributed by atoms with Crippen LogP contribution in [0.15, 0.2) is 62.9 Å². The molecule has 6 nitrogen and oxygen atoms in total. The van der Waals surface area contributed by atoms with E-state index in [-0.39, 0.29) is 23.7 Å². The number of hydrogen-bond donors (Lipinski definition) is 0. The van der Waals surface area contributed by atoms with Gasteiger partial charge in [0, 0.05) is 6.92 Å². The van der Waals surface area contributed by atoms with Crippen LogP contribution in [0.2, 0.25) is 0 Å². The lowest BCUT2D eigenvalue weighted by Crippen LogP contribution is -2.13. The third-order valence-electron chi connectivity index (χ3n) is 4.75. The number of carbonyl (C=O) groups is 1. The predicted octanol–water partition coefficient (Wildman–Crippen LogP) is 6.52. The SMILES string of the molecule is CCC=CCCOc1c(OC(C)=O)c2c(OC/C=C(\C)CCC=C(C)C)cccc2oc1=O. The van der Waals surface area contributed by atoms with E-state index in [1.807, 2.05) is 25.2 Å². The molecule has 6 heteroatoms. The van der Waals surface area contributed by atoms with Gasteiger partial charge < -0.3 is 18.6 Å². The Bertz CT molecular complexity index is 1080. The predicted molar refractivity (Wildman–Crippen MR) is 131 cm³/mol. The minimum absolute atomic E-state index is 0.0214. The highest BCUT2D eigenvalue weighted by Crippen LogP contribution is 2.39. The van der Waals surface area contributed by atoms with Crippen LogP contribution in [-0.2, 0) is 4.79 Å². The smallest absolute Gasteiger partial charge is 0.383 e. The molecular weight excluding hydrogens is 420 g/mol. The van der Waals surface area contributed by atoms with Crippen LogP contribution in [0, 0.1) is 0 Å². The summed E-state index contributed by atoms with van der Waals surface area (Å²) in [6.07, 6.45) is 11.7. The molecule has 0 amide bonds. The van der Waals surface area contributed by atoms with Crippen LogP contribution in [0.5, 0.6) is 17.2 Å². The molecule has 1 aromatic heterocycles. The molecule has 0 spiro atoms. The molecule has 1 aromatic carbocycles. The van der Waals surface area contributed by atoms with Crippen molar-refractivity contribution in [2.24, 2.45) is 0 Å². The molecule has 178 valence electrons. The third kappa shape index (κ3) is 8.29. The fourth-order valence-electron chi connectivity index (χ4n) is 3.14. The van der Waals surface area contributed by atoms with Crippen molar-refractivity contribution < 1.29 is 23.4 Å². The van der Waals surface area contributed by atoms with Crippen LogP contribution in [0.1, 0.15) is 60.3 Å². The maximum Gasteiger partial charge on any atom is 0.383 e. The van der Waals surface area contributed by atoms with Crippen molar-refractivity contribution >= 4 is 16.9 Å². The van der Waals surface area contributed by atoms with E-state index < -0.39 is 11.6 Å². The van der Waals surface area contributed by atoms with Gasteiger partial charge in [0.05, 0.1) is 6.61 Å². The molecule has 0 fully saturated rings. The van der Waals surface area contributed by atoms with E-state index in [2.05, 4.69) is 26.8 Å². The average molecular weight is 455 g/mol. The fourth-order valence-corrected chi connectivity index (χ4v) is 3.14. The van der Waals surface area contributed by atoms with Crippen LogP contribution in [-0.4, -0.2) is 19.2 Å². The number of allylic oxidation sites excluding steroid dienone is 4. The summed E-state index contributed by atoms with van der Waals surface area (Å²) in [7, 11) is 0. The van der Waals surface area contributed by atoms with Crippen molar-refractivity contribution in [2.75, 3.05) is 13.2 Å². The van der Waals surface area contributed by atoms with Crippen molar-refractivity contribution in [1.82, 2.24) is 0 Å². The standard InChI is InChI=1S/C27H34O6/c1-6-7-8-9-17-31-26-25(32-21(5)28)24-22(14-11-15-23(24)33-27(26)29)30-18-16-20(4)13-10-12-19(2)3/h7-8,11-12,14-16H,6,9-10,13,17-18H2,1-5H3/b8-7?,20-16+. The first-order chi connectivity index (χ1) is 15.8. The molecule has 33 heavy (non-hydrogen) atoms. The van der Waals surface area contributed by atoms with Crippen LogP contribution < -0.4 is 19.8 Å². The molecule has 0 unspecified atom stereocenters. The number of ether oxygens (including phenoxy) is 3. The average Bonchev–Trinajstić information content (AvgIpc) is 2.74. The topological polar surface area (TPSA) is 75.0 Å². The van der Waals surface area contributed by atoms with Gasteiger partial charge in [0.25, 0.3) is 0 Å². The van der Waals surface area contributed by atoms with Crippen LogP contribution in [0.3, 0.4) is 0 Å². The molecule has 0 aliphatic rings. The number of fused-ring (bicyclic) bond motifs is 1. The highest BCUT2D eigenvalue weighted by molar-refractivity contribution is 5.93. The van der Waals surface area contributed by atoms with Crippen molar-refractivity contribution in [3.63, 3.8) is 0 Å². The van der Waals surface area contributed by atoms with Crippen LogP contribution in [0.25, 0.3) is 11.0 Å². The first-order valence-corrected chi connectivity index (χ1v) is 11.3. The zero-order chi connectivity index (χ0) is 24.2. The minimum Gasteiger partial charge on any atom is -0.489 e. The normalized spacial score (nSPS) is 11.6. The van der Waals surface area contributed by atoms with Crippen molar-refractivity contribution in [1.29, 1.82) is 0 Å². The Morgan fingerprint density at radius 3 is 2.48 bits per heavy atom. The third-order valence-corrected chi connectivity index (χ3v) is 4.75. The molecule has 1 heterocycles. The van der Waals surface area contributed by atoms with Crippen molar-refractivity contribution in [3.05, 3.63) is 64.1 Å². The fraction of sp³-hybridized carbons (Fsp3) is 0.407. The second kappa shape index (κ2) is 13.3. The molecule has 2 aromatic rings. The van der Waals surface area contributed by atoms with Gasteiger partial charge in [-0.2, -0.15) is 0 Å². The first-order valence-electron chi connectivity index (χ1n) is 11.3. The van der Waals surface area contributed by atoms with Crippen molar-refractivity contribution in [2.45, 2.75) is 60.3 Å². The summed E-state index contributed by atoms with van der Waals surface area (Å²) in [5, 5.41) is 0.391. The maximum atomic E-state index is 12.6. The molecule has 2 rings (SSSR count). The quantitative estimate of drug-likeness (QED) is 0.157. The van der Waals surface area contributed by atoms with Gasteiger partial charge in [0.15, 0.2) is 5.75 Å². The molecule has 0 saturated heterocycles. The number of esters is 1. The largest absolute Gasteiger partial charge is 0.489 e. The summed E-state index contributed by atoms with van der Waals surface area (Å²) in [5.41, 5.74) is 2.07. The van der Waals surface area contributed by atoms with Gasteiger partial charge in [-0.1, -0.05) is 42.4 Å². The maximum absolute atomic E-state index is 12.6. The Morgan fingerprint density at radius 2 is 1.79 bits per heavy atom. The van der Waals surface area contributed by atoms with Gasteiger partial charge in [-0.3, -0.25) is 4.79 Å². The number of carbonyl (C=O) groups excluding carboxylic acids is 1. The van der Waals surface area contributed by atoms with Crippen molar-refractivity contribution in [3.8, 4) is 17.2 Å². The zero-order valence-corrected chi connectivity index (χ0v) is 20.2. The molecular formula is C27H34O6. The lowest BCUT2D eigenvalue weighted by molar-refractivity contribution is -0.131. The van der Waals surface area contributed by atoms with E-state index in [4.69, 9.17) is 18.6 Å². The van der Waals surface area contributed by atoms with Gasteiger partial charge in [-0.25, -0.2) is 4.79 Å². The van der Waals surface area contributed by atoms with Gasteiger partial charge in [-0.05, 0) is 64.7 Å². The molecule has 0 radical (unpaired) electrons. The Kier molecular flexibility index (Phi) is 10.5. The number of benzene rings is 1. The second-order valence-corrected chi connectivity index (χ2v) is 7.97. The van der Waals surface area contributed by atoms with Gasteiger partial charge in [-0.15, -0.1) is 0 Å². The number of rotatable bonds is 12. The summed E-state index contributed by atoms with van der Waals surface area (Å²) < 4.78 is 22.5. The monoisotopic (exact) mass is 454 g/mol. The molecule has 0 aliphatic heterocycles. The van der Waals surface area contributed by atoms with Crippen LogP contribution >= 0.6 is 0 Å². The summed E-state index contributed by atoms with van der Waals surface area (Å²) in [5.74, 6) is -0.237. The second-order valence-electron chi connectivity index (χ2n) is 7.97. The Hall–Kier alpha value is -3.28. The highest BCUT2D eigenvalue weighted by atomic mass is 16.6. The molecule has 0 saturated carbocycles. The van der Waals surface area contributed by atoms with Crippen LogP contribution in [0.4, 0.5) is 0 Å². The van der Waals surface area contributed by atoms with E-state index in [9.17, 15) is 9.59 Å². The van der Waals surface area contributed by atoms with E-state index in [1.165, 1.54) is 18.1 Å². The van der Waals surface area contributed by atoms with Gasteiger partial charge in [0.1, 0.15) is 23.3 Å². The molecule has 0 atom stereocenters.